The van der Waals surface area contributed by atoms with Crippen LogP contribution < -0.4 is 9.47 Å². The van der Waals surface area contributed by atoms with Crippen molar-refractivity contribution in [1.82, 2.24) is 0 Å². The van der Waals surface area contributed by atoms with E-state index in [9.17, 15) is 4.79 Å². The van der Waals surface area contributed by atoms with E-state index in [2.05, 4.69) is 6.07 Å². The molecule has 4 rings (SSSR count). The van der Waals surface area contributed by atoms with Crippen molar-refractivity contribution in [2.24, 2.45) is 0 Å². The van der Waals surface area contributed by atoms with Gasteiger partial charge in [-0.15, -0.1) is 0 Å². The van der Waals surface area contributed by atoms with Crippen LogP contribution in [-0.4, -0.2) is 5.97 Å². The summed E-state index contributed by atoms with van der Waals surface area (Å²) in [5.41, 5.74) is 2.97. The monoisotopic (exact) mass is 391 g/mol. The molecule has 0 radical (unpaired) electrons. The predicted molar refractivity (Wildman–Crippen MR) is 115 cm³/mol. The van der Waals surface area contributed by atoms with E-state index >= 15 is 0 Å². The van der Waals surface area contributed by atoms with Gasteiger partial charge in [0.15, 0.2) is 0 Å². The number of esters is 1. The summed E-state index contributed by atoms with van der Waals surface area (Å²) in [5, 5.41) is 8.90. The first-order valence-corrected chi connectivity index (χ1v) is 9.37. The minimum absolute atomic E-state index is 0.402. The molecule has 0 spiro atoms. The number of nitrogens with zero attached hydrogens (tertiary/aromatic N) is 1. The molecule has 0 aromatic heterocycles. The SMILES string of the molecule is N#Cc1ccc(-c2ccc(OC(=O)c3cccc(Oc4ccccc4)c3)cc2)cc1. The number of para-hydroxylation sites is 1. The highest BCUT2D eigenvalue weighted by molar-refractivity contribution is 5.91. The second-order valence-corrected chi connectivity index (χ2v) is 6.55. The van der Waals surface area contributed by atoms with Crippen LogP contribution in [0.3, 0.4) is 0 Å². The maximum Gasteiger partial charge on any atom is 0.343 e. The number of carbonyl (C=O) groups excluding carboxylic acids is 1. The smallest absolute Gasteiger partial charge is 0.343 e. The molecule has 0 fully saturated rings. The normalized spacial score (nSPS) is 10.1. The van der Waals surface area contributed by atoms with Gasteiger partial charge in [0.05, 0.1) is 17.2 Å². The largest absolute Gasteiger partial charge is 0.457 e. The van der Waals surface area contributed by atoms with Gasteiger partial charge in [-0.2, -0.15) is 5.26 Å². The van der Waals surface area contributed by atoms with Gasteiger partial charge in [-0.1, -0.05) is 48.5 Å². The third-order valence-corrected chi connectivity index (χ3v) is 4.46. The minimum Gasteiger partial charge on any atom is -0.457 e. The Bertz CT molecular complexity index is 1190. The number of benzene rings is 4. The number of hydrogen-bond donors (Lipinski definition) is 0. The molecule has 0 aliphatic rings. The average molecular weight is 391 g/mol. The zero-order valence-corrected chi connectivity index (χ0v) is 16.0. The van der Waals surface area contributed by atoms with Crippen molar-refractivity contribution in [3.8, 4) is 34.4 Å². The first-order chi connectivity index (χ1) is 14.7. The molecule has 4 nitrogen and oxygen atoms in total. The van der Waals surface area contributed by atoms with Crippen LogP contribution in [-0.2, 0) is 0 Å². The highest BCUT2D eigenvalue weighted by atomic mass is 16.5. The van der Waals surface area contributed by atoms with Gasteiger partial charge in [-0.3, -0.25) is 0 Å². The standard InChI is InChI=1S/C26H17NO3/c27-18-19-9-11-20(12-10-19)21-13-15-24(16-14-21)30-26(28)22-5-4-8-25(17-22)29-23-6-2-1-3-7-23/h1-17H. The number of ether oxygens (including phenoxy) is 2. The molecule has 0 saturated carbocycles. The van der Waals surface area contributed by atoms with Gasteiger partial charge in [0, 0.05) is 0 Å². The molecule has 4 aromatic rings. The molecular formula is C26H17NO3. The summed E-state index contributed by atoms with van der Waals surface area (Å²) >= 11 is 0. The summed E-state index contributed by atoms with van der Waals surface area (Å²) in [7, 11) is 0. The van der Waals surface area contributed by atoms with E-state index in [0.29, 0.717) is 28.4 Å². The van der Waals surface area contributed by atoms with Crippen LogP contribution in [0.15, 0.2) is 103 Å². The molecule has 0 atom stereocenters. The van der Waals surface area contributed by atoms with Crippen LogP contribution in [0.1, 0.15) is 15.9 Å². The van der Waals surface area contributed by atoms with Gasteiger partial charge >= 0.3 is 5.97 Å². The predicted octanol–water partition coefficient (Wildman–Crippen LogP) is 6.24. The summed E-state index contributed by atoms with van der Waals surface area (Å²) < 4.78 is 11.3. The Labute approximate surface area is 174 Å². The van der Waals surface area contributed by atoms with Crippen LogP contribution >= 0.6 is 0 Å². The van der Waals surface area contributed by atoms with E-state index < -0.39 is 5.97 Å². The maximum absolute atomic E-state index is 12.5. The van der Waals surface area contributed by atoms with Crippen LogP contribution in [0.2, 0.25) is 0 Å². The van der Waals surface area contributed by atoms with E-state index in [1.54, 1.807) is 48.5 Å². The molecule has 0 amide bonds. The molecule has 0 aliphatic heterocycles. The van der Waals surface area contributed by atoms with Crippen LogP contribution in [0.5, 0.6) is 17.2 Å². The molecule has 4 heteroatoms. The average Bonchev–Trinajstić information content (AvgIpc) is 2.80. The molecule has 0 unspecified atom stereocenters. The molecular weight excluding hydrogens is 374 g/mol. The van der Waals surface area contributed by atoms with Gasteiger partial charge in [0.2, 0.25) is 0 Å². The Morgan fingerprint density at radius 1 is 0.667 bits per heavy atom. The second kappa shape index (κ2) is 8.76. The van der Waals surface area contributed by atoms with Crippen molar-refractivity contribution in [2.45, 2.75) is 0 Å². The number of rotatable bonds is 5. The van der Waals surface area contributed by atoms with Gasteiger partial charge in [-0.05, 0) is 65.7 Å². The lowest BCUT2D eigenvalue weighted by atomic mass is 10.0. The minimum atomic E-state index is -0.459. The molecule has 0 N–H and O–H groups in total. The first-order valence-electron chi connectivity index (χ1n) is 9.37. The zero-order valence-electron chi connectivity index (χ0n) is 16.0. The fraction of sp³-hybridized carbons (Fsp3) is 0. The molecule has 144 valence electrons. The highest BCUT2D eigenvalue weighted by Crippen LogP contribution is 2.25. The molecule has 0 saturated heterocycles. The third kappa shape index (κ3) is 4.54. The molecule has 4 aromatic carbocycles. The van der Waals surface area contributed by atoms with E-state index in [0.717, 1.165) is 11.1 Å². The fourth-order valence-corrected chi connectivity index (χ4v) is 2.93. The molecule has 0 aliphatic carbocycles. The van der Waals surface area contributed by atoms with E-state index in [1.807, 2.05) is 54.6 Å². The van der Waals surface area contributed by atoms with Crippen molar-refractivity contribution in [3.63, 3.8) is 0 Å². The molecule has 0 heterocycles. The van der Waals surface area contributed by atoms with E-state index in [1.165, 1.54) is 0 Å². The quantitative estimate of drug-likeness (QED) is 0.299. The maximum atomic E-state index is 12.5. The Hall–Kier alpha value is -4.36. The van der Waals surface area contributed by atoms with Crippen molar-refractivity contribution in [2.75, 3.05) is 0 Å². The van der Waals surface area contributed by atoms with Crippen molar-refractivity contribution in [1.29, 1.82) is 5.26 Å². The summed E-state index contributed by atoms with van der Waals surface area (Å²) in [6.45, 7) is 0. The summed E-state index contributed by atoms with van der Waals surface area (Å²) in [6, 6.07) is 32.9. The van der Waals surface area contributed by atoms with Gasteiger partial charge in [0.1, 0.15) is 17.2 Å². The highest BCUT2D eigenvalue weighted by Gasteiger charge is 2.10. The zero-order chi connectivity index (χ0) is 20.8. The number of carbonyl (C=O) groups is 1. The van der Waals surface area contributed by atoms with Gasteiger partial charge < -0.3 is 9.47 Å². The summed E-state index contributed by atoms with van der Waals surface area (Å²) in [4.78, 5) is 12.5. The third-order valence-electron chi connectivity index (χ3n) is 4.46. The lowest BCUT2D eigenvalue weighted by Crippen LogP contribution is -2.08. The lowest BCUT2D eigenvalue weighted by Gasteiger charge is -2.08. The van der Waals surface area contributed by atoms with E-state index in [-0.39, 0.29) is 0 Å². The summed E-state index contributed by atoms with van der Waals surface area (Å²) in [6.07, 6.45) is 0. The van der Waals surface area contributed by atoms with Gasteiger partial charge in [-0.25, -0.2) is 4.79 Å². The number of nitriles is 1. The Morgan fingerprint density at radius 2 is 1.30 bits per heavy atom. The first kappa shape index (κ1) is 19.0. The summed E-state index contributed by atoms with van der Waals surface area (Å²) in [5.74, 6) is 1.25. The molecule has 0 bridgehead atoms. The van der Waals surface area contributed by atoms with Crippen molar-refractivity contribution < 1.29 is 14.3 Å². The second-order valence-electron chi connectivity index (χ2n) is 6.55. The Balaban J connectivity index is 1.44. The topological polar surface area (TPSA) is 59.3 Å². The van der Waals surface area contributed by atoms with Crippen molar-refractivity contribution in [3.05, 3.63) is 114 Å². The molecule has 30 heavy (non-hydrogen) atoms. The van der Waals surface area contributed by atoms with Crippen molar-refractivity contribution >= 4 is 5.97 Å². The lowest BCUT2D eigenvalue weighted by molar-refractivity contribution is 0.0734. The van der Waals surface area contributed by atoms with E-state index in [4.69, 9.17) is 14.7 Å². The van der Waals surface area contributed by atoms with Crippen LogP contribution in [0.4, 0.5) is 0 Å². The fourth-order valence-electron chi connectivity index (χ4n) is 2.93. The Morgan fingerprint density at radius 3 is 1.97 bits per heavy atom. The van der Waals surface area contributed by atoms with Gasteiger partial charge in [0.25, 0.3) is 0 Å². The number of hydrogen-bond acceptors (Lipinski definition) is 4. The van der Waals surface area contributed by atoms with Crippen LogP contribution in [0.25, 0.3) is 11.1 Å². The van der Waals surface area contributed by atoms with Crippen LogP contribution in [0, 0.1) is 11.3 Å². The Kier molecular flexibility index (Phi) is 5.54.